The van der Waals surface area contributed by atoms with Gasteiger partial charge >= 0.3 is 0 Å². The molecule has 2 N–H and O–H groups in total. The second-order valence-corrected chi connectivity index (χ2v) is 6.86. The van der Waals surface area contributed by atoms with Gasteiger partial charge in [-0.25, -0.2) is 0 Å². The van der Waals surface area contributed by atoms with Crippen molar-refractivity contribution in [2.45, 2.75) is 29.7 Å². The summed E-state index contributed by atoms with van der Waals surface area (Å²) in [5.74, 6) is 1.66. The standard InChI is InChI=1S/C15H23NO3S2/c1-10(15(9-17)21-3)16-8-11-6-12-13(7-14(11)20-2)19-5-4-18-12/h6-7,10,15-17H,4-5,8-9H2,1-3H3. The van der Waals surface area contributed by atoms with Crippen LogP contribution in [0, 0.1) is 0 Å². The van der Waals surface area contributed by atoms with E-state index in [1.54, 1.807) is 23.5 Å². The maximum absolute atomic E-state index is 9.35. The molecule has 21 heavy (non-hydrogen) atoms. The molecule has 1 aliphatic heterocycles. The molecule has 1 heterocycles. The van der Waals surface area contributed by atoms with E-state index in [9.17, 15) is 5.11 Å². The predicted molar refractivity (Wildman–Crippen MR) is 89.9 cm³/mol. The summed E-state index contributed by atoms with van der Waals surface area (Å²) in [5, 5.41) is 13.1. The lowest BCUT2D eigenvalue weighted by Crippen LogP contribution is -2.37. The van der Waals surface area contributed by atoms with Gasteiger partial charge in [0.25, 0.3) is 0 Å². The van der Waals surface area contributed by atoms with Crippen LogP contribution in [0.1, 0.15) is 12.5 Å². The minimum atomic E-state index is 0.186. The lowest BCUT2D eigenvalue weighted by molar-refractivity contribution is 0.171. The Kier molecular flexibility index (Phi) is 6.54. The average molecular weight is 329 g/mol. The van der Waals surface area contributed by atoms with E-state index in [0.29, 0.717) is 13.2 Å². The third-order valence-corrected chi connectivity index (χ3v) is 5.58. The maximum Gasteiger partial charge on any atom is 0.162 e. The molecule has 2 atom stereocenters. The van der Waals surface area contributed by atoms with Gasteiger partial charge in [-0.05, 0) is 37.1 Å². The number of hydrogen-bond acceptors (Lipinski definition) is 6. The first-order valence-corrected chi connectivity index (χ1v) is 9.54. The van der Waals surface area contributed by atoms with Gasteiger partial charge in [0.05, 0.1) is 6.61 Å². The number of aliphatic hydroxyl groups is 1. The highest BCUT2D eigenvalue weighted by Gasteiger charge is 2.18. The first-order valence-electron chi connectivity index (χ1n) is 7.03. The molecular formula is C15H23NO3S2. The van der Waals surface area contributed by atoms with Crippen LogP contribution in [0.25, 0.3) is 0 Å². The van der Waals surface area contributed by atoms with E-state index in [4.69, 9.17) is 9.47 Å². The molecular weight excluding hydrogens is 306 g/mol. The lowest BCUT2D eigenvalue weighted by atomic mass is 10.1. The fourth-order valence-corrected chi connectivity index (χ4v) is 3.55. The second kappa shape index (κ2) is 8.17. The van der Waals surface area contributed by atoms with E-state index in [1.165, 1.54) is 10.5 Å². The summed E-state index contributed by atoms with van der Waals surface area (Å²) < 4.78 is 11.3. The molecule has 2 rings (SSSR count). The molecule has 0 bridgehead atoms. The molecule has 0 amide bonds. The highest BCUT2D eigenvalue weighted by molar-refractivity contribution is 7.99. The van der Waals surface area contributed by atoms with Crippen molar-refractivity contribution in [3.63, 3.8) is 0 Å². The van der Waals surface area contributed by atoms with E-state index >= 15 is 0 Å². The molecule has 0 aliphatic carbocycles. The molecule has 2 unspecified atom stereocenters. The van der Waals surface area contributed by atoms with Gasteiger partial charge in [-0.15, -0.1) is 11.8 Å². The number of rotatable bonds is 7. The lowest BCUT2D eigenvalue weighted by Gasteiger charge is -2.24. The molecule has 0 aromatic heterocycles. The number of ether oxygens (including phenoxy) is 2. The first-order chi connectivity index (χ1) is 10.2. The number of fused-ring (bicyclic) bond motifs is 1. The molecule has 0 saturated carbocycles. The molecule has 0 saturated heterocycles. The van der Waals surface area contributed by atoms with Gasteiger partial charge in [0.1, 0.15) is 13.2 Å². The van der Waals surface area contributed by atoms with Crippen LogP contribution in [-0.4, -0.2) is 48.7 Å². The molecule has 4 nitrogen and oxygen atoms in total. The Hall–Kier alpha value is -0.560. The summed E-state index contributed by atoms with van der Waals surface area (Å²) in [6.07, 6.45) is 4.09. The molecule has 1 aromatic rings. The van der Waals surface area contributed by atoms with Gasteiger partial charge in [0.2, 0.25) is 0 Å². The van der Waals surface area contributed by atoms with E-state index in [1.807, 2.05) is 6.26 Å². The fraction of sp³-hybridized carbons (Fsp3) is 0.600. The first kappa shape index (κ1) is 16.8. The number of thioether (sulfide) groups is 2. The van der Waals surface area contributed by atoms with Crippen molar-refractivity contribution in [2.24, 2.45) is 0 Å². The fourth-order valence-electron chi connectivity index (χ4n) is 2.28. The Balaban J connectivity index is 2.08. The summed E-state index contributed by atoms with van der Waals surface area (Å²) in [6, 6.07) is 4.36. The highest BCUT2D eigenvalue weighted by atomic mass is 32.2. The SMILES string of the molecule is CSc1cc2c(cc1CNC(C)C(CO)SC)OCCO2. The van der Waals surface area contributed by atoms with Gasteiger partial charge in [-0.3, -0.25) is 0 Å². The number of hydrogen-bond donors (Lipinski definition) is 2. The number of benzene rings is 1. The van der Waals surface area contributed by atoms with Crippen LogP contribution >= 0.6 is 23.5 Å². The molecule has 1 aliphatic rings. The van der Waals surface area contributed by atoms with Crippen LogP contribution in [0.2, 0.25) is 0 Å². The zero-order valence-corrected chi connectivity index (χ0v) is 14.4. The van der Waals surface area contributed by atoms with Crippen molar-refractivity contribution in [1.82, 2.24) is 5.32 Å². The second-order valence-electron chi connectivity index (χ2n) is 4.93. The summed E-state index contributed by atoms with van der Waals surface area (Å²) in [4.78, 5) is 1.20. The van der Waals surface area contributed by atoms with Gasteiger partial charge < -0.3 is 19.9 Å². The Morgan fingerprint density at radius 1 is 1.24 bits per heavy atom. The number of aliphatic hydroxyl groups excluding tert-OH is 1. The Bertz CT molecular complexity index is 466. The van der Waals surface area contributed by atoms with Gasteiger partial charge in [-0.1, -0.05) is 0 Å². The largest absolute Gasteiger partial charge is 0.486 e. The van der Waals surface area contributed by atoms with Crippen LogP contribution in [-0.2, 0) is 6.54 Å². The highest BCUT2D eigenvalue weighted by Crippen LogP contribution is 2.36. The average Bonchev–Trinajstić information content (AvgIpc) is 2.53. The maximum atomic E-state index is 9.35. The summed E-state index contributed by atoms with van der Waals surface area (Å²) in [6.45, 7) is 4.26. The smallest absolute Gasteiger partial charge is 0.162 e. The summed E-state index contributed by atoms with van der Waals surface area (Å²) in [7, 11) is 0. The molecule has 0 fully saturated rings. The van der Waals surface area contributed by atoms with Crippen LogP contribution in [0.5, 0.6) is 11.5 Å². The van der Waals surface area contributed by atoms with E-state index in [0.717, 1.165) is 18.0 Å². The third-order valence-electron chi connectivity index (χ3n) is 3.60. The van der Waals surface area contributed by atoms with E-state index < -0.39 is 0 Å². The molecule has 118 valence electrons. The minimum Gasteiger partial charge on any atom is -0.486 e. The van der Waals surface area contributed by atoms with Crippen molar-refractivity contribution in [1.29, 1.82) is 0 Å². The Labute approximate surface area is 135 Å². The van der Waals surface area contributed by atoms with Crippen molar-refractivity contribution in [3.8, 4) is 11.5 Å². The van der Waals surface area contributed by atoms with Crippen molar-refractivity contribution in [2.75, 3.05) is 32.3 Å². The van der Waals surface area contributed by atoms with Crippen LogP contribution in [0.4, 0.5) is 0 Å². The van der Waals surface area contributed by atoms with Gasteiger partial charge in [-0.2, -0.15) is 11.8 Å². The summed E-state index contributed by atoms with van der Waals surface area (Å²) >= 11 is 3.39. The van der Waals surface area contributed by atoms with Crippen LogP contribution in [0.3, 0.4) is 0 Å². The molecule has 6 heteroatoms. The zero-order chi connectivity index (χ0) is 15.2. The van der Waals surface area contributed by atoms with Crippen molar-refractivity contribution in [3.05, 3.63) is 17.7 Å². The van der Waals surface area contributed by atoms with Gasteiger partial charge in [0, 0.05) is 22.7 Å². The molecule has 1 aromatic carbocycles. The summed E-state index contributed by atoms with van der Waals surface area (Å²) in [5.41, 5.74) is 1.20. The predicted octanol–water partition coefficient (Wildman–Crippen LogP) is 2.38. The Morgan fingerprint density at radius 2 is 1.90 bits per heavy atom. The van der Waals surface area contributed by atoms with E-state index in [2.05, 4.69) is 30.6 Å². The Morgan fingerprint density at radius 3 is 2.48 bits per heavy atom. The molecule has 0 radical (unpaired) electrons. The van der Waals surface area contributed by atoms with Crippen LogP contribution in [0.15, 0.2) is 17.0 Å². The third kappa shape index (κ3) is 4.22. The zero-order valence-electron chi connectivity index (χ0n) is 12.7. The van der Waals surface area contributed by atoms with Crippen molar-refractivity contribution >= 4 is 23.5 Å². The quantitative estimate of drug-likeness (QED) is 0.749. The van der Waals surface area contributed by atoms with Crippen molar-refractivity contribution < 1.29 is 14.6 Å². The normalized spacial score (nSPS) is 16.6. The monoisotopic (exact) mass is 329 g/mol. The molecule has 0 spiro atoms. The topological polar surface area (TPSA) is 50.7 Å². The van der Waals surface area contributed by atoms with Gasteiger partial charge in [0.15, 0.2) is 11.5 Å². The van der Waals surface area contributed by atoms with Crippen LogP contribution < -0.4 is 14.8 Å². The minimum absolute atomic E-state index is 0.186. The number of nitrogens with one attached hydrogen (secondary N) is 1. The van der Waals surface area contributed by atoms with E-state index in [-0.39, 0.29) is 17.9 Å².